The van der Waals surface area contributed by atoms with Crippen molar-refractivity contribution in [3.05, 3.63) is 99.0 Å². The molecule has 0 fully saturated rings. The minimum atomic E-state index is -0.471. The standard InChI is InChI=1S/C27H28FN5O3/c1-16(2)20-7-11-22(12-8-20)31-23(34)14-33-27(36)25-17(3)24(18(4)32(25)15-30-33)26(35)29-13-19-5-9-21(28)10-6-19/h5-12,15-16H,13-14H2,1-4H3,(H,29,35)(H,31,34). The average molecular weight is 490 g/mol. The maximum absolute atomic E-state index is 13.2. The summed E-state index contributed by atoms with van der Waals surface area (Å²) in [7, 11) is 0. The second kappa shape index (κ2) is 10.2. The number of carbonyl (C=O) groups excluding carboxylic acids is 2. The Hall–Kier alpha value is -4.27. The molecule has 4 rings (SSSR count). The summed E-state index contributed by atoms with van der Waals surface area (Å²) in [6.45, 7) is 7.55. The highest BCUT2D eigenvalue weighted by molar-refractivity contribution is 5.99. The van der Waals surface area contributed by atoms with Crippen molar-refractivity contribution in [2.75, 3.05) is 5.32 Å². The SMILES string of the molecule is Cc1c(C(=O)NCc2ccc(F)cc2)c(C)n2cnn(CC(=O)Nc3ccc(C(C)C)cc3)c(=O)c12. The van der Waals surface area contributed by atoms with E-state index in [-0.39, 0.29) is 36.2 Å². The van der Waals surface area contributed by atoms with E-state index in [9.17, 15) is 18.8 Å². The molecule has 2 N–H and O–H groups in total. The number of aromatic nitrogens is 3. The lowest BCUT2D eigenvalue weighted by atomic mass is 10.0. The summed E-state index contributed by atoms with van der Waals surface area (Å²) in [5, 5.41) is 9.74. The highest BCUT2D eigenvalue weighted by Gasteiger charge is 2.22. The van der Waals surface area contributed by atoms with E-state index in [2.05, 4.69) is 29.6 Å². The van der Waals surface area contributed by atoms with Gasteiger partial charge in [-0.25, -0.2) is 9.07 Å². The van der Waals surface area contributed by atoms with Crippen molar-refractivity contribution in [1.29, 1.82) is 0 Å². The fourth-order valence-corrected chi connectivity index (χ4v) is 4.16. The van der Waals surface area contributed by atoms with Gasteiger partial charge in [0.15, 0.2) is 0 Å². The van der Waals surface area contributed by atoms with Crippen LogP contribution >= 0.6 is 0 Å². The first-order valence-corrected chi connectivity index (χ1v) is 11.7. The first kappa shape index (κ1) is 24.8. The van der Waals surface area contributed by atoms with E-state index in [1.165, 1.54) is 18.5 Å². The Kier molecular flexibility index (Phi) is 7.00. The predicted molar refractivity (Wildman–Crippen MR) is 136 cm³/mol. The molecule has 0 unspecified atom stereocenters. The summed E-state index contributed by atoms with van der Waals surface area (Å²) in [6, 6.07) is 13.4. The number of halogens is 1. The van der Waals surface area contributed by atoms with Crippen molar-refractivity contribution in [2.45, 2.75) is 46.7 Å². The Bertz CT molecular complexity index is 1490. The normalized spacial score (nSPS) is 11.2. The number of rotatable bonds is 7. The minimum absolute atomic E-state index is 0.213. The lowest BCUT2D eigenvalue weighted by Crippen LogP contribution is -2.30. The maximum atomic E-state index is 13.2. The first-order chi connectivity index (χ1) is 17.2. The van der Waals surface area contributed by atoms with Crippen molar-refractivity contribution < 1.29 is 14.0 Å². The molecule has 0 aliphatic rings. The molecule has 0 bridgehead atoms. The minimum Gasteiger partial charge on any atom is -0.348 e. The molecule has 0 aliphatic carbocycles. The van der Waals surface area contributed by atoms with Gasteiger partial charge in [0.25, 0.3) is 11.5 Å². The number of benzene rings is 2. The fraction of sp³-hybridized carbons (Fsp3) is 0.259. The topological polar surface area (TPSA) is 97.5 Å². The molecule has 2 aromatic carbocycles. The van der Waals surface area contributed by atoms with E-state index in [0.29, 0.717) is 28.4 Å². The van der Waals surface area contributed by atoms with E-state index >= 15 is 0 Å². The van der Waals surface area contributed by atoms with Crippen molar-refractivity contribution in [1.82, 2.24) is 19.5 Å². The molecule has 4 aromatic rings. The zero-order chi connectivity index (χ0) is 26.0. The average Bonchev–Trinajstić information content (AvgIpc) is 3.10. The van der Waals surface area contributed by atoms with Crippen LogP contribution in [0.5, 0.6) is 0 Å². The highest BCUT2D eigenvalue weighted by Crippen LogP contribution is 2.20. The second-order valence-electron chi connectivity index (χ2n) is 9.03. The molecule has 0 atom stereocenters. The largest absolute Gasteiger partial charge is 0.348 e. The van der Waals surface area contributed by atoms with Crippen LogP contribution in [0.2, 0.25) is 0 Å². The molecule has 36 heavy (non-hydrogen) atoms. The van der Waals surface area contributed by atoms with Gasteiger partial charge in [0.05, 0.1) is 5.56 Å². The first-order valence-electron chi connectivity index (χ1n) is 11.7. The summed E-state index contributed by atoms with van der Waals surface area (Å²) in [5.41, 5.74) is 3.77. The Morgan fingerprint density at radius 1 is 1.03 bits per heavy atom. The van der Waals surface area contributed by atoms with Gasteiger partial charge in [0.1, 0.15) is 24.2 Å². The molecule has 2 amide bonds. The van der Waals surface area contributed by atoms with Crippen LogP contribution in [0.1, 0.15) is 52.5 Å². The smallest absolute Gasteiger partial charge is 0.291 e. The van der Waals surface area contributed by atoms with Crippen molar-refractivity contribution in [3.63, 3.8) is 0 Å². The summed E-state index contributed by atoms with van der Waals surface area (Å²) < 4.78 is 15.8. The van der Waals surface area contributed by atoms with E-state index in [1.54, 1.807) is 30.4 Å². The van der Waals surface area contributed by atoms with Gasteiger partial charge in [0.2, 0.25) is 5.91 Å². The Balaban J connectivity index is 1.53. The molecule has 0 radical (unpaired) electrons. The van der Waals surface area contributed by atoms with Crippen LogP contribution in [0.25, 0.3) is 5.52 Å². The number of anilines is 1. The molecule has 8 nitrogen and oxygen atoms in total. The van der Waals surface area contributed by atoms with Crippen LogP contribution < -0.4 is 16.2 Å². The number of carbonyl (C=O) groups is 2. The summed E-state index contributed by atoms with van der Waals surface area (Å²) in [6.07, 6.45) is 1.43. The van der Waals surface area contributed by atoms with Gasteiger partial charge in [0, 0.05) is 17.9 Å². The molecule has 0 saturated heterocycles. The number of aryl methyl sites for hydroxylation is 2. The van der Waals surface area contributed by atoms with Crippen LogP contribution in [0.3, 0.4) is 0 Å². The number of hydrogen-bond donors (Lipinski definition) is 2. The lowest BCUT2D eigenvalue weighted by Gasteiger charge is -2.09. The van der Waals surface area contributed by atoms with Crippen LogP contribution in [0.15, 0.2) is 59.7 Å². The van der Waals surface area contributed by atoms with Crippen LogP contribution in [0.4, 0.5) is 10.1 Å². The van der Waals surface area contributed by atoms with E-state index in [0.717, 1.165) is 15.8 Å². The number of amides is 2. The lowest BCUT2D eigenvalue weighted by molar-refractivity contribution is -0.117. The van der Waals surface area contributed by atoms with Gasteiger partial charge in [-0.3, -0.25) is 18.8 Å². The Morgan fingerprint density at radius 2 is 1.69 bits per heavy atom. The van der Waals surface area contributed by atoms with E-state index in [4.69, 9.17) is 0 Å². The van der Waals surface area contributed by atoms with Gasteiger partial charge in [-0.15, -0.1) is 0 Å². The molecular weight excluding hydrogens is 461 g/mol. The van der Waals surface area contributed by atoms with Gasteiger partial charge in [-0.1, -0.05) is 38.1 Å². The Morgan fingerprint density at radius 3 is 2.33 bits per heavy atom. The van der Waals surface area contributed by atoms with E-state index in [1.807, 2.05) is 24.3 Å². The molecular formula is C27H28FN5O3. The molecule has 186 valence electrons. The zero-order valence-corrected chi connectivity index (χ0v) is 20.6. The summed E-state index contributed by atoms with van der Waals surface area (Å²) >= 11 is 0. The van der Waals surface area contributed by atoms with Crippen molar-refractivity contribution >= 4 is 23.0 Å². The number of hydrogen-bond acceptors (Lipinski definition) is 4. The van der Waals surface area contributed by atoms with Gasteiger partial charge < -0.3 is 10.6 Å². The van der Waals surface area contributed by atoms with E-state index < -0.39 is 5.56 Å². The van der Waals surface area contributed by atoms with Crippen LogP contribution in [0, 0.1) is 19.7 Å². The molecule has 2 heterocycles. The zero-order valence-electron chi connectivity index (χ0n) is 20.6. The quantitative estimate of drug-likeness (QED) is 0.411. The van der Waals surface area contributed by atoms with Gasteiger partial charge >= 0.3 is 0 Å². The van der Waals surface area contributed by atoms with Crippen molar-refractivity contribution in [3.8, 4) is 0 Å². The third-order valence-corrected chi connectivity index (χ3v) is 6.19. The molecule has 0 spiro atoms. The van der Waals surface area contributed by atoms with Gasteiger partial charge in [-0.2, -0.15) is 5.10 Å². The van der Waals surface area contributed by atoms with Crippen LogP contribution in [-0.4, -0.2) is 26.0 Å². The number of nitrogens with zero attached hydrogens (tertiary/aromatic N) is 3. The van der Waals surface area contributed by atoms with Crippen LogP contribution in [-0.2, 0) is 17.9 Å². The molecule has 0 saturated carbocycles. The molecule has 0 aliphatic heterocycles. The second-order valence-corrected chi connectivity index (χ2v) is 9.03. The Labute approximate surface area is 207 Å². The fourth-order valence-electron chi connectivity index (χ4n) is 4.16. The number of fused-ring (bicyclic) bond motifs is 1. The third-order valence-electron chi connectivity index (χ3n) is 6.19. The maximum Gasteiger partial charge on any atom is 0.291 e. The highest BCUT2D eigenvalue weighted by atomic mass is 19.1. The summed E-state index contributed by atoms with van der Waals surface area (Å²) in [4.78, 5) is 38.7. The molecule has 9 heteroatoms. The monoisotopic (exact) mass is 489 g/mol. The molecule has 2 aromatic heterocycles. The number of nitrogens with one attached hydrogen (secondary N) is 2. The van der Waals surface area contributed by atoms with Gasteiger partial charge in [-0.05, 0) is 60.7 Å². The third kappa shape index (κ3) is 5.05. The summed E-state index contributed by atoms with van der Waals surface area (Å²) in [5.74, 6) is -0.708. The van der Waals surface area contributed by atoms with Crippen molar-refractivity contribution in [2.24, 2.45) is 0 Å². The predicted octanol–water partition coefficient (Wildman–Crippen LogP) is 3.94.